The van der Waals surface area contributed by atoms with Gasteiger partial charge in [0.05, 0.1) is 35.2 Å². The molecule has 4 aliphatic heterocycles. The van der Waals surface area contributed by atoms with E-state index in [4.69, 9.17) is 9.15 Å². The van der Waals surface area contributed by atoms with Crippen LogP contribution < -0.4 is 0 Å². The smallest absolute Gasteiger partial charge is 0.265 e. The number of carbonyl (C=O) groups is 4. The first-order valence-electron chi connectivity index (χ1n) is 10.8. The Kier molecular flexibility index (Phi) is 3.84. The Morgan fingerprint density at radius 2 is 1.23 bits per heavy atom. The second-order valence-corrected chi connectivity index (χ2v) is 8.76. The molecule has 8 heteroatoms. The van der Waals surface area contributed by atoms with Crippen molar-refractivity contribution in [1.82, 2.24) is 9.80 Å². The van der Waals surface area contributed by atoms with Gasteiger partial charge < -0.3 is 9.15 Å². The highest BCUT2D eigenvalue weighted by molar-refractivity contribution is 6.27. The maximum atomic E-state index is 12.6. The summed E-state index contributed by atoms with van der Waals surface area (Å²) in [6.45, 7) is 0.818. The van der Waals surface area contributed by atoms with Crippen LogP contribution in [-0.2, 0) is 14.3 Å². The zero-order valence-electron chi connectivity index (χ0n) is 16.5. The third kappa shape index (κ3) is 2.31. The molecule has 3 saturated heterocycles. The summed E-state index contributed by atoms with van der Waals surface area (Å²) in [5.41, 5.74) is 1.74. The number of likely N-dealkylation sites (tertiary alicyclic amines) is 1. The monoisotopic (exact) mass is 410 g/mol. The maximum Gasteiger partial charge on any atom is 0.265 e. The van der Waals surface area contributed by atoms with Crippen molar-refractivity contribution < 1.29 is 28.3 Å². The van der Waals surface area contributed by atoms with Crippen molar-refractivity contribution in [2.24, 2.45) is 11.8 Å². The second-order valence-electron chi connectivity index (χ2n) is 8.76. The lowest BCUT2D eigenvalue weighted by molar-refractivity contribution is -0.142. The van der Waals surface area contributed by atoms with Crippen molar-refractivity contribution in [1.29, 1.82) is 0 Å². The van der Waals surface area contributed by atoms with E-state index in [1.165, 1.54) is 9.80 Å². The van der Waals surface area contributed by atoms with Crippen LogP contribution in [0.15, 0.2) is 16.5 Å². The third-order valence-electron chi connectivity index (χ3n) is 7.16. The van der Waals surface area contributed by atoms with Crippen molar-refractivity contribution in [3.05, 3.63) is 23.3 Å². The minimum atomic E-state index is -0.277. The molecular weight excluding hydrogens is 388 g/mol. The minimum absolute atomic E-state index is 0.0634. The highest BCUT2D eigenvalue weighted by Crippen LogP contribution is 2.48. The highest BCUT2D eigenvalue weighted by atomic mass is 16.5. The van der Waals surface area contributed by atoms with Crippen molar-refractivity contribution >= 4 is 34.8 Å². The second kappa shape index (κ2) is 6.38. The van der Waals surface area contributed by atoms with Crippen molar-refractivity contribution in [3.63, 3.8) is 0 Å². The summed E-state index contributed by atoms with van der Waals surface area (Å²) in [4.78, 5) is 53.0. The number of benzene rings is 1. The van der Waals surface area contributed by atoms with Crippen molar-refractivity contribution in [3.8, 4) is 0 Å². The molecule has 0 aromatic carbocycles. The first-order chi connectivity index (χ1) is 14.6. The fourth-order valence-corrected chi connectivity index (χ4v) is 5.73. The van der Waals surface area contributed by atoms with Gasteiger partial charge in [0.1, 0.15) is 11.2 Å². The minimum Gasteiger partial charge on any atom is -0.456 e. The topological polar surface area (TPSA) is 97.1 Å². The van der Waals surface area contributed by atoms with Gasteiger partial charge in [0.25, 0.3) is 11.8 Å². The molecule has 6 rings (SSSR count). The summed E-state index contributed by atoms with van der Waals surface area (Å²) in [6, 6.07) is 3.44. The van der Waals surface area contributed by atoms with Crippen LogP contribution in [0, 0.1) is 11.8 Å². The molecule has 4 unspecified atom stereocenters. The standard InChI is InChI=1S/C22H22N2O6/c25-19-15-11-5-6-12(29-11)16(15)20(26)23(19)9-3-1-2-4-10-24-21(27)17-13-7-8-14(30-13)18(17)22(24)28/h5-6,13-14,17-18H,1-4,7-10H2. The Morgan fingerprint density at radius 3 is 1.77 bits per heavy atom. The average molecular weight is 410 g/mol. The van der Waals surface area contributed by atoms with E-state index in [-0.39, 0.29) is 47.7 Å². The van der Waals surface area contributed by atoms with Crippen molar-refractivity contribution in [2.45, 2.75) is 50.7 Å². The van der Waals surface area contributed by atoms with E-state index < -0.39 is 0 Å². The molecule has 4 amide bonds. The molecule has 2 aromatic rings. The van der Waals surface area contributed by atoms with E-state index in [0.717, 1.165) is 32.1 Å². The highest BCUT2D eigenvalue weighted by Gasteiger charge is 2.62. The molecule has 156 valence electrons. The number of rotatable bonds is 7. The number of carbonyl (C=O) groups excluding carboxylic acids is 4. The first kappa shape index (κ1) is 18.1. The summed E-state index contributed by atoms with van der Waals surface area (Å²) >= 11 is 0. The lowest BCUT2D eigenvalue weighted by atomic mass is 9.81. The van der Waals surface area contributed by atoms with Gasteiger partial charge in [-0.25, -0.2) is 0 Å². The Morgan fingerprint density at radius 1 is 0.733 bits per heavy atom. The molecule has 0 saturated carbocycles. The van der Waals surface area contributed by atoms with Gasteiger partial charge in [-0.05, 0) is 37.8 Å². The molecule has 30 heavy (non-hydrogen) atoms. The fraction of sp³-hybridized carbons (Fsp3) is 0.545. The van der Waals surface area contributed by atoms with Gasteiger partial charge in [-0.15, -0.1) is 0 Å². The Labute approximate surface area is 172 Å². The van der Waals surface area contributed by atoms with E-state index in [0.29, 0.717) is 41.8 Å². The summed E-state index contributed by atoms with van der Waals surface area (Å²) < 4.78 is 11.2. The molecule has 0 spiro atoms. The van der Waals surface area contributed by atoms with Gasteiger partial charge >= 0.3 is 0 Å². The number of fused-ring (bicyclic) bond motifs is 10. The molecule has 6 heterocycles. The maximum absolute atomic E-state index is 12.6. The molecule has 4 bridgehead atoms. The van der Waals surface area contributed by atoms with Gasteiger partial charge in [-0.1, -0.05) is 12.8 Å². The van der Waals surface area contributed by atoms with Gasteiger partial charge in [0.15, 0.2) is 0 Å². The largest absolute Gasteiger partial charge is 0.456 e. The van der Waals surface area contributed by atoms with E-state index in [1.54, 1.807) is 12.1 Å². The predicted octanol–water partition coefficient (Wildman–Crippen LogP) is 2.19. The molecule has 8 nitrogen and oxygen atoms in total. The molecule has 0 radical (unpaired) electrons. The Hall–Kier alpha value is -2.74. The molecule has 0 N–H and O–H groups in total. The summed E-state index contributed by atoms with van der Waals surface area (Å²) in [5, 5.41) is 0. The summed E-state index contributed by atoms with van der Waals surface area (Å²) in [7, 11) is 0. The van der Waals surface area contributed by atoms with Crippen LogP contribution in [0.5, 0.6) is 0 Å². The van der Waals surface area contributed by atoms with E-state index in [2.05, 4.69) is 0 Å². The average Bonchev–Trinajstić information content (AvgIpc) is 3.56. The van der Waals surface area contributed by atoms with E-state index in [1.807, 2.05) is 0 Å². The molecule has 2 aromatic heterocycles. The van der Waals surface area contributed by atoms with E-state index in [9.17, 15) is 19.2 Å². The fourth-order valence-electron chi connectivity index (χ4n) is 5.73. The van der Waals surface area contributed by atoms with Crippen LogP contribution in [0.1, 0.15) is 59.2 Å². The normalized spacial score (nSPS) is 29.9. The number of furan rings is 2. The number of amides is 4. The third-order valence-corrected chi connectivity index (χ3v) is 7.16. The van der Waals surface area contributed by atoms with Crippen LogP contribution in [0.25, 0.3) is 11.2 Å². The van der Waals surface area contributed by atoms with Crippen molar-refractivity contribution in [2.75, 3.05) is 13.1 Å². The van der Waals surface area contributed by atoms with Gasteiger partial charge in [-0.2, -0.15) is 0 Å². The SMILES string of the molecule is O=C1c2c(c3ccc2o3)C(=O)N1CCCCCCN1C(=O)C2C3CCC(O3)C2C1=O. The number of unbranched alkanes of at least 4 members (excludes halogenated alkanes) is 3. The number of hydrogen-bond acceptors (Lipinski definition) is 6. The lowest BCUT2D eigenvalue weighted by Crippen LogP contribution is -2.35. The Bertz CT molecular complexity index is 1000. The number of nitrogens with zero attached hydrogens (tertiary/aromatic N) is 2. The van der Waals surface area contributed by atoms with E-state index >= 15 is 0 Å². The van der Waals surface area contributed by atoms with Crippen LogP contribution in [0.3, 0.4) is 0 Å². The van der Waals surface area contributed by atoms with Gasteiger partial charge in [-0.3, -0.25) is 29.0 Å². The van der Waals surface area contributed by atoms with Crippen LogP contribution in [-0.4, -0.2) is 58.7 Å². The number of imide groups is 2. The van der Waals surface area contributed by atoms with Crippen LogP contribution in [0.2, 0.25) is 0 Å². The predicted molar refractivity (Wildman–Crippen MR) is 103 cm³/mol. The molecule has 4 atom stereocenters. The first-order valence-corrected chi connectivity index (χ1v) is 10.8. The molecular formula is C22H22N2O6. The summed E-state index contributed by atoms with van der Waals surface area (Å²) in [5.74, 6) is -1.20. The van der Waals surface area contributed by atoms with Crippen LogP contribution >= 0.6 is 0 Å². The number of ether oxygens (including phenoxy) is 1. The number of hydrogen-bond donors (Lipinski definition) is 0. The van der Waals surface area contributed by atoms with Crippen LogP contribution in [0.4, 0.5) is 0 Å². The lowest BCUT2D eigenvalue weighted by Gasteiger charge is -2.17. The van der Waals surface area contributed by atoms with Gasteiger partial charge in [0, 0.05) is 13.1 Å². The zero-order valence-corrected chi connectivity index (χ0v) is 16.5. The Balaban J connectivity index is 0.976. The molecule has 3 fully saturated rings. The molecule has 0 aliphatic carbocycles. The summed E-state index contributed by atoms with van der Waals surface area (Å²) in [6.07, 6.45) is 4.70. The zero-order chi connectivity index (χ0) is 20.6. The van der Waals surface area contributed by atoms with Gasteiger partial charge in [0.2, 0.25) is 11.8 Å². The molecule has 4 aliphatic rings. The quantitative estimate of drug-likeness (QED) is 0.513.